The Morgan fingerprint density at radius 2 is 1.65 bits per heavy atom. The molecule has 5 nitrogen and oxygen atoms in total. The minimum atomic E-state index is -0.533. The van der Waals surface area contributed by atoms with Crippen molar-refractivity contribution in [3.63, 3.8) is 0 Å². The molecule has 0 bridgehead atoms. The molecule has 0 spiro atoms. The van der Waals surface area contributed by atoms with Crippen LogP contribution in [0.5, 0.6) is 17.2 Å². The fourth-order valence-electron chi connectivity index (χ4n) is 1.80. The van der Waals surface area contributed by atoms with Crippen LogP contribution in [0.1, 0.15) is 11.1 Å². The fourth-order valence-corrected chi connectivity index (χ4v) is 1.97. The molecule has 0 aromatic heterocycles. The molecule has 0 aliphatic carbocycles. The average Bonchev–Trinajstić information content (AvgIpc) is 2.50. The van der Waals surface area contributed by atoms with Gasteiger partial charge in [0.15, 0.2) is 17.3 Å². The Balaban J connectivity index is 2.18. The van der Waals surface area contributed by atoms with Gasteiger partial charge in [0.25, 0.3) is 0 Å². The van der Waals surface area contributed by atoms with Gasteiger partial charge in [-0.1, -0.05) is 23.7 Å². The Morgan fingerprint density at radius 3 is 2.35 bits per heavy atom. The first-order valence-electron chi connectivity index (χ1n) is 6.50. The van der Waals surface area contributed by atoms with E-state index < -0.39 is 11.5 Å². The van der Waals surface area contributed by atoms with Crippen LogP contribution in [0.25, 0.3) is 11.8 Å². The number of benzene rings is 2. The van der Waals surface area contributed by atoms with E-state index in [9.17, 15) is 25.2 Å². The van der Waals surface area contributed by atoms with E-state index in [2.05, 4.69) is 0 Å². The molecule has 6 heteroatoms. The number of rotatable bonds is 4. The molecule has 0 atom stereocenters. The second-order valence-corrected chi connectivity index (χ2v) is 5.11. The molecule has 0 fully saturated rings. The van der Waals surface area contributed by atoms with Crippen molar-refractivity contribution >= 4 is 29.2 Å². The summed E-state index contributed by atoms with van der Waals surface area (Å²) >= 11 is 5.77. The number of carbonyl (C=O) groups excluding carboxylic acids is 1. The largest absolute Gasteiger partial charge is 0.507 e. The molecule has 0 amide bonds. The van der Waals surface area contributed by atoms with Crippen LogP contribution in [0.3, 0.4) is 0 Å². The number of hydrogen-bond donors (Lipinski definition) is 4. The van der Waals surface area contributed by atoms with Crippen molar-refractivity contribution in [2.75, 3.05) is 0 Å². The Morgan fingerprint density at radius 1 is 0.957 bits per heavy atom. The van der Waals surface area contributed by atoms with Gasteiger partial charge < -0.3 is 20.4 Å². The van der Waals surface area contributed by atoms with Crippen molar-refractivity contribution in [1.82, 2.24) is 0 Å². The number of aliphatic hydroxyl groups is 1. The summed E-state index contributed by atoms with van der Waals surface area (Å²) < 4.78 is 0. The van der Waals surface area contributed by atoms with Gasteiger partial charge in [-0.2, -0.15) is 0 Å². The molecule has 118 valence electrons. The minimum Gasteiger partial charge on any atom is -0.507 e. The first kappa shape index (κ1) is 16.5. The topological polar surface area (TPSA) is 98.0 Å². The molecule has 0 aliphatic heterocycles. The lowest BCUT2D eigenvalue weighted by Gasteiger charge is -2.03. The van der Waals surface area contributed by atoms with Crippen LogP contribution in [0, 0.1) is 0 Å². The number of carbonyl (C=O) groups is 1. The van der Waals surface area contributed by atoms with E-state index in [-0.39, 0.29) is 22.8 Å². The highest BCUT2D eigenvalue weighted by molar-refractivity contribution is 6.30. The van der Waals surface area contributed by atoms with Crippen molar-refractivity contribution < 1.29 is 25.2 Å². The molecule has 2 aromatic rings. The van der Waals surface area contributed by atoms with Crippen LogP contribution >= 0.6 is 11.6 Å². The lowest BCUT2D eigenvalue weighted by molar-refractivity contribution is -0.110. The Labute approximate surface area is 137 Å². The van der Waals surface area contributed by atoms with Crippen molar-refractivity contribution in [3.05, 3.63) is 64.7 Å². The predicted octanol–water partition coefficient (Wildman–Crippen LogP) is 3.64. The molecule has 0 unspecified atom stereocenters. The number of phenolic OH excluding ortho intramolecular Hbond substituents is 3. The third-order valence-electron chi connectivity index (χ3n) is 2.95. The Hall–Kier alpha value is -2.92. The zero-order valence-corrected chi connectivity index (χ0v) is 12.5. The van der Waals surface area contributed by atoms with E-state index in [0.717, 1.165) is 6.08 Å². The molecule has 0 radical (unpaired) electrons. The van der Waals surface area contributed by atoms with E-state index in [0.29, 0.717) is 10.6 Å². The van der Waals surface area contributed by atoms with Gasteiger partial charge in [0.1, 0.15) is 11.5 Å². The molecule has 23 heavy (non-hydrogen) atoms. The van der Waals surface area contributed by atoms with Crippen LogP contribution in [-0.2, 0) is 4.79 Å². The molecule has 2 aromatic carbocycles. The number of aromatic hydroxyl groups is 3. The highest BCUT2D eigenvalue weighted by Gasteiger charge is 2.08. The maximum absolute atomic E-state index is 11.8. The third-order valence-corrected chi connectivity index (χ3v) is 3.19. The smallest absolute Gasteiger partial charge is 0.182 e. The van der Waals surface area contributed by atoms with Crippen LogP contribution in [-0.4, -0.2) is 26.2 Å². The van der Waals surface area contributed by atoms with Crippen LogP contribution in [0.4, 0.5) is 0 Å². The summed E-state index contributed by atoms with van der Waals surface area (Å²) in [5, 5.41) is 38.4. The maximum atomic E-state index is 11.8. The van der Waals surface area contributed by atoms with Crippen molar-refractivity contribution in [2.24, 2.45) is 0 Å². The second-order valence-electron chi connectivity index (χ2n) is 4.67. The van der Waals surface area contributed by atoms with E-state index >= 15 is 0 Å². The molecule has 0 heterocycles. The van der Waals surface area contributed by atoms with Gasteiger partial charge in [-0.05, 0) is 42.0 Å². The highest BCUT2D eigenvalue weighted by atomic mass is 35.5. The summed E-state index contributed by atoms with van der Waals surface area (Å²) in [6, 6.07) is 8.17. The summed E-state index contributed by atoms with van der Waals surface area (Å²) in [7, 11) is 0. The minimum absolute atomic E-state index is 0.0431. The quantitative estimate of drug-likeness (QED) is 0.389. The summed E-state index contributed by atoms with van der Waals surface area (Å²) in [6.45, 7) is 0. The number of ketones is 1. The van der Waals surface area contributed by atoms with Gasteiger partial charge in [-0.25, -0.2) is 0 Å². The normalized spacial score (nSPS) is 11.8. The first-order chi connectivity index (χ1) is 10.9. The number of halogens is 1. The highest BCUT2D eigenvalue weighted by Crippen LogP contribution is 2.27. The molecule has 0 saturated carbocycles. The number of phenols is 3. The lowest BCUT2D eigenvalue weighted by atomic mass is 10.1. The number of aliphatic hydroxyl groups excluding tert-OH is 1. The lowest BCUT2D eigenvalue weighted by Crippen LogP contribution is -1.91. The van der Waals surface area contributed by atoms with E-state index in [4.69, 9.17) is 11.6 Å². The van der Waals surface area contributed by atoms with E-state index in [1.165, 1.54) is 48.6 Å². The summed E-state index contributed by atoms with van der Waals surface area (Å²) in [5.74, 6) is -1.73. The zero-order valence-electron chi connectivity index (χ0n) is 11.8. The molecular weight excluding hydrogens is 320 g/mol. The fraction of sp³-hybridized carbons (Fsp3) is 0. The first-order valence-corrected chi connectivity index (χ1v) is 6.88. The Kier molecular flexibility index (Phi) is 4.93. The second kappa shape index (κ2) is 6.89. The van der Waals surface area contributed by atoms with Crippen LogP contribution in [0.15, 0.2) is 48.6 Å². The average molecular weight is 333 g/mol. The van der Waals surface area contributed by atoms with Crippen molar-refractivity contribution in [2.45, 2.75) is 0 Å². The van der Waals surface area contributed by atoms with Gasteiger partial charge in [0, 0.05) is 11.1 Å². The summed E-state index contributed by atoms with van der Waals surface area (Å²) in [6.07, 6.45) is 3.51. The summed E-state index contributed by atoms with van der Waals surface area (Å²) in [4.78, 5) is 11.8. The van der Waals surface area contributed by atoms with Crippen LogP contribution < -0.4 is 0 Å². The van der Waals surface area contributed by atoms with E-state index in [1.807, 2.05) is 0 Å². The Bertz CT molecular complexity index is 809. The van der Waals surface area contributed by atoms with Gasteiger partial charge >= 0.3 is 0 Å². The van der Waals surface area contributed by atoms with Gasteiger partial charge in [-0.15, -0.1) is 0 Å². The van der Waals surface area contributed by atoms with Gasteiger partial charge in [-0.3, -0.25) is 4.79 Å². The number of allylic oxidation sites excluding steroid dienone is 2. The molecule has 4 N–H and O–H groups in total. The van der Waals surface area contributed by atoms with Gasteiger partial charge in [0.05, 0.1) is 5.56 Å². The van der Waals surface area contributed by atoms with Crippen molar-refractivity contribution in [1.29, 1.82) is 0 Å². The predicted molar refractivity (Wildman–Crippen MR) is 87.5 cm³/mol. The summed E-state index contributed by atoms with van der Waals surface area (Å²) in [5.41, 5.74) is 0.536. The third kappa shape index (κ3) is 4.28. The maximum Gasteiger partial charge on any atom is 0.182 e. The van der Waals surface area contributed by atoms with E-state index in [1.54, 1.807) is 0 Å². The molecule has 0 saturated heterocycles. The van der Waals surface area contributed by atoms with Crippen molar-refractivity contribution in [3.8, 4) is 17.2 Å². The van der Waals surface area contributed by atoms with Crippen LogP contribution in [0.2, 0.25) is 5.02 Å². The standard InChI is InChI=1S/C17H13ClO5/c18-11-3-6-14(20)13(8-11)16(22)9-12(19)4-1-10-2-5-15(21)17(23)7-10/h1-9,20-23H/b4-1+,16-9-. The monoisotopic (exact) mass is 332 g/mol. The molecule has 0 aliphatic rings. The number of hydrogen-bond acceptors (Lipinski definition) is 5. The van der Waals surface area contributed by atoms with Gasteiger partial charge in [0.2, 0.25) is 0 Å². The molecule has 2 rings (SSSR count). The zero-order chi connectivity index (χ0) is 17.0. The molecular formula is C17H13ClO5. The SMILES string of the molecule is O=C(/C=C(\O)c1cc(Cl)ccc1O)/C=C/c1ccc(O)c(O)c1.